The summed E-state index contributed by atoms with van der Waals surface area (Å²) in [6.07, 6.45) is 3.17. The van der Waals surface area contributed by atoms with Crippen LogP contribution in [0.2, 0.25) is 0 Å². The van der Waals surface area contributed by atoms with Crippen LogP contribution in [0.25, 0.3) is 0 Å². The van der Waals surface area contributed by atoms with Crippen molar-refractivity contribution in [1.82, 2.24) is 4.90 Å². The van der Waals surface area contributed by atoms with Crippen molar-refractivity contribution in [3.63, 3.8) is 0 Å². The fraction of sp³-hybridized carbons (Fsp3) is 0.533. The molecule has 1 aliphatic rings. The number of hydrogen-bond acceptors (Lipinski definition) is 2. The molecule has 0 spiro atoms. The number of likely N-dealkylation sites (tertiary alicyclic amines) is 1. The highest BCUT2D eigenvalue weighted by Gasteiger charge is 2.16. The van der Waals surface area contributed by atoms with Crippen LogP contribution in [0.15, 0.2) is 28.7 Å². The van der Waals surface area contributed by atoms with Gasteiger partial charge in [0.05, 0.1) is 0 Å². The number of halogens is 1. The molecule has 1 fully saturated rings. The van der Waals surface area contributed by atoms with Crippen molar-refractivity contribution in [2.75, 3.05) is 19.6 Å². The summed E-state index contributed by atoms with van der Waals surface area (Å²) < 4.78 is 0.972. The van der Waals surface area contributed by atoms with E-state index in [0.717, 1.165) is 35.6 Å². The highest BCUT2D eigenvalue weighted by Crippen LogP contribution is 2.17. The molecule has 98 valence electrons. The van der Waals surface area contributed by atoms with Crippen LogP contribution >= 0.6 is 15.9 Å². The molecular formula is C15H20BrNO. The molecule has 0 bridgehead atoms. The summed E-state index contributed by atoms with van der Waals surface area (Å²) in [5.74, 6) is 1.09. The van der Waals surface area contributed by atoms with Gasteiger partial charge in [-0.1, -0.05) is 35.0 Å². The van der Waals surface area contributed by atoms with E-state index in [2.05, 4.69) is 27.8 Å². The van der Waals surface area contributed by atoms with Gasteiger partial charge in [0.1, 0.15) is 0 Å². The van der Waals surface area contributed by atoms with Crippen LogP contribution < -0.4 is 0 Å². The van der Waals surface area contributed by atoms with Crippen molar-refractivity contribution in [2.45, 2.75) is 26.2 Å². The van der Waals surface area contributed by atoms with Crippen LogP contribution in [0.1, 0.15) is 36.5 Å². The lowest BCUT2D eigenvalue weighted by Gasteiger charge is -2.29. The fourth-order valence-corrected chi connectivity index (χ4v) is 2.75. The highest BCUT2D eigenvalue weighted by molar-refractivity contribution is 9.10. The lowest BCUT2D eigenvalue weighted by molar-refractivity contribution is 0.0953. The second kappa shape index (κ2) is 6.48. The number of Topliss-reactive ketones (excluding diaryl/α,β-unsaturated/α-hetero) is 1. The van der Waals surface area contributed by atoms with Crippen LogP contribution in [0.5, 0.6) is 0 Å². The predicted octanol–water partition coefficient (Wildman–Crippen LogP) is 3.75. The molecule has 0 radical (unpaired) electrons. The van der Waals surface area contributed by atoms with Gasteiger partial charge in [0.25, 0.3) is 0 Å². The molecular weight excluding hydrogens is 290 g/mol. The van der Waals surface area contributed by atoms with Crippen molar-refractivity contribution in [1.29, 1.82) is 0 Å². The third-order valence-electron chi connectivity index (χ3n) is 3.68. The van der Waals surface area contributed by atoms with Gasteiger partial charge in [-0.3, -0.25) is 4.79 Å². The summed E-state index contributed by atoms with van der Waals surface area (Å²) >= 11 is 3.40. The van der Waals surface area contributed by atoms with Gasteiger partial charge >= 0.3 is 0 Å². The topological polar surface area (TPSA) is 20.3 Å². The van der Waals surface area contributed by atoms with E-state index in [4.69, 9.17) is 0 Å². The number of piperidine rings is 1. The number of carbonyl (C=O) groups excluding carboxylic acids is 1. The Bertz CT molecular complexity index is 411. The van der Waals surface area contributed by atoms with Gasteiger partial charge < -0.3 is 4.90 Å². The molecule has 0 saturated carbocycles. The summed E-state index contributed by atoms with van der Waals surface area (Å²) in [6, 6.07) is 7.66. The quantitative estimate of drug-likeness (QED) is 0.789. The summed E-state index contributed by atoms with van der Waals surface area (Å²) in [5, 5.41) is 0. The zero-order chi connectivity index (χ0) is 13.0. The zero-order valence-corrected chi connectivity index (χ0v) is 12.4. The molecule has 0 aromatic heterocycles. The van der Waals surface area contributed by atoms with E-state index in [1.165, 1.54) is 12.8 Å². The van der Waals surface area contributed by atoms with Crippen LogP contribution in [0.4, 0.5) is 0 Å². The van der Waals surface area contributed by atoms with Crippen molar-refractivity contribution < 1.29 is 4.79 Å². The second-order valence-corrected chi connectivity index (χ2v) is 6.12. The van der Waals surface area contributed by atoms with Gasteiger partial charge in [-0.15, -0.1) is 0 Å². The van der Waals surface area contributed by atoms with E-state index >= 15 is 0 Å². The van der Waals surface area contributed by atoms with Crippen molar-refractivity contribution in [3.05, 3.63) is 34.3 Å². The minimum atomic E-state index is 0.245. The Hall–Kier alpha value is -0.670. The third-order valence-corrected chi connectivity index (χ3v) is 4.17. The molecule has 1 saturated heterocycles. The van der Waals surface area contributed by atoms with Crippen molar-refractivity contribution in [3.8, 4) is 0 Å². The molecule has 3 heteroatoms. The first-order valence-electron chi connectivity index (χ1n) is 6.66. The van der Waals surface area contributed by atoms with E-state index in [-0.39, 0.29) is 5.78 Å². The Labute approximate surface area is 117 Å². The minimum Gasteiger partial charge on any atom is -0.303 e. The lowest BCUT2D eigenvalue weighted by atomic mass is 9.99. The zero-order valence-electron chi connectivity index (χ0n) is 10.9. The molecule has 0 aliphatic carbocycles. The molecule has 0 unspecified atom stereocenters. The maximum atomic E-state index is 12.1. The number of benzene rings is 1. The van der Waals surface area contributed by atoms with Crippen LogP contribution in [0.3, 0.4) is 0 Å². The summed E-state index contributed by atoms with van der Waals surface area (Å²) in [4.78, 5) is 14.5. The minimum absolute atomic E-state index is 0.245. The highest BCUT2D eigenvalue weighted by atomic mass is 79.9. The first-order chi connectivity index (χ1) is 8.65. The number of hydrogen-bond donors (Lipinski definition) is 0. The van der Waals surface area contributed by atoms with Gasteiger partial charge in [0.2, 0.25) is 0 Å². The summed E-state index contributed by atoms with van der Waals surface area (Å²) in [5.41, 5.74) is 0.815. The molecule has 1 heterocycles. The van der Waals surface area contributed by atoms with E-state index in [0.29, 0.717) is 6.42 Å². The molecule has 0 N–H and O–H groups in total. The summed E-state index contributed by atoms with van der Waals surface area (Å²) in [6.45, 7) is 5.50. The summed E-state index contributed by atoms with van der Waals surface area (Å²) in [7, 11) is 0. The third kappa shape index (κ3) is 3.92. The first-order valence-corrected chi connectivity index (χ1v) is 7.45. The SMILES string of the molecule is CC1CCN(CCC(=O)c2cccc(Br)c2)CC1. The number of ketones is 1. The Morgan fingerprint density at radius 1 is 1.39 bits per heavy atom. The fourth-order valence-electron chi connectivity index (χ4n) is 2.35. The predicted molar refractivity (Wildman–Crippen MR) is 77.9 cm³/mol. The van der Waals surface area contributed by atoms with E-state index < -0.39 is 0 Å². The molecule has 0 atom stereocenters. The van der Waals surface area contributed by atoms with Gasteiger partial charge in [-0.05, 0) is 44.0 Å². The maximum Gasteiger partial charge on any atom is 0.164 e. The van der Waals surface area contributed by atoms with E-state index in [1.807, 2.05) is 24.3 Å². The number of rotatable bonds is 4. The van der Waals surface area contributed by atoms with Gasteiger partial charge in [-0.2, -0.15) is 0 Å². The Morgan fingerprint density at radius 3 is 2.78 bits per heavy atom. The van der Waals surface area contributed by atoms with Crippen molar-refractivity contribution >= 4 is 21.7 Å². The molecule has 2 rings (SSSR count). The average molecular weight is 310 g/mol. The van der Waals surface area contributed by atoms with Crippen LogP contribution in [-0.4, -0.2) is 30.3 Å². The average Bonchev–Trinajstić information content (AvgIpc) is 2.38. The van der Waals surface area contributed by atoms with Crippen molar-refractivity contribution in [2.24, 2.45) is 5.92 Å². The van der Waals surface area contributed by atoms with Gasteiger partial charge in [0, 0.05) is 23.0 Å². The Balaban J connectivity index is 1.81. The van der Waals surface area contributed by atoms with Crippen LogP contribution in [-0.2, 0) is 0 Å². The van der Waals surface area contributed by atoms with E-state index in [1.54, 1.807) is 0 Å². The molecule has 2 nitrogen and oxygen atoms in total. The van der Waals surface area contributed by atoms with Crippen LogP contribution in [0, 0.1) is 5.92 Å². The molecule has 1 aliphatic heterocycles. The largest absolute Gasteiger partial charge is 0.303 e. The second-order valence-electron chi connectivity index (χ2n) is 5.21. The smallest absolute Gasteiger partial charge is 0.164 e. The number of carbonyl (C=O) groups is 1. The van der Waals surface area contributed by atoms with Gasteiger partial charge in [0.15, 0.2) is 5.78 Å². The number of nitrogens with zero attached hydrogens (tertiary/aromatic N) is 1. The monoisotopic (exact) mass is 309 g/mol. The lowest BCUT2D eigenvalue weighted by Crippen LogP contribution is -2.34. The Kier molecular flexibility index (Phi) is 4.95. The first kappa shape index (κ1) is 13.8. The Morgan fingerprint density at radius 2 is 2.11 bits per heavy atom. The van der Waals surface area contributed by atoms with Gasteiger partial charge in [-0.25, -0.2) is 0 Å². The maximum absolute atomic E-state index is 12.1. The molecule has 18 heavy (non-hydrogen) atoms. The standard InChI is InChI=1S/C15H20BrNO/c1-12-5-8-17(9-6-12)10-7-15(18)13-3-2-4-14(16)11-13/h2-4,11-12H,5-10H2,1H3. The molecule has 1 aromatic rings. The normalized spacial score (nSPS) is 17.9. The molecule has 1 aromatic carbocycles. The molecule has 0 amide bonds. The van der Waals surface area contributed by atoms with E-state index in [9.17, 15) is 4.79 Å².